The summed E-state index contributed by atoms with van der Waals surface area (Å²) in [5.74, 6) is 0.0284. The maximum absolute atomic E-state index is 11.9. The van der Waals surface area contributed by atoms with Crippen LogP contribution >= 0.6 is 0 Å². The lowest BCUT2D eigenvalue weighted by Gasteiger charge is -2.39. The summed E-state index contributed by atoms with van der Waals surface area (Å²) >= 11 is 0. The van der Waals surface area contributed by atoms with Gasteiger partial charge in [-0.1, -0.05) is 0 Å². The fourth-order valence-corrected chi connectivity index (χ4v) is 2.30. The minimum absolute atomic E-state index is 0.0284. The molecule has 0 saturated carbocycles. The van der Waals surface area contributed by atoms with E-state index in [1.165, 1.54) is 0 Å². The zero-order valence-corrected chi connectivity index (χ0v) is 11.2. The van der Waals surface area contributed by atoms with Crippen molar-refractivity contribution >= 4 is 12.0 Å². The van der Waals surface area contributed by atoms with Crippen LogP contribution in [-0.4, -0.2) is 47.8 Å². The van der Waals surface area contributed by atoms with E-state index in [4.69, 9.17) is 4.74 Å². The van der Waals surface area contributed by atoms with Gasteiger partial charge in [0, 0.05) is 25.9 Å². The lowest BCUT2D eigenvalue weighted by molar-refractivity contribution is -0.119. The Morgan fingerprint density at radius 1 is 1.33 bits per heavy atom. The smallest absolute Gasteiger partial charge is 0.410 e. The van der Waals surface area contributed by atoms with E-state index in [9.17, 15) is 9.59 Å². The Morgan fingerprint density at radius 2 is 1.94 bits per heavy atom. The summed E-state index contributed by atoms with van der Waals surface area (Å²) in [4.78, 5) is 24.8. The second kappa shape index (κ2) is 4.42. The van der Waals surface area contributed by atoms with Crippen LogP contribution in [0.25, 0.3) is 0 Å². The van der Waals surface area contributed by atoms with E-state index in [-0.39, 0.29) is 17.7 Å². The summed E-state index contributed by atoms with van der Waals surface area (Å²) < 4.78 is 5.33. The molecule has 0 aromatic heterocycles. The molecular formula is C12H21N3O3. The fraction of sp³-hybridized carbons (Fsp3) is 0.833. The Hall–Kier alpha value is -1.30. The van der Waals surface area contributed by atoms with Gasteiger partial charge in [-0.2, -0.15) is 0 Å². The van der Waals surface area contributed by atoms with Crippen molar-refractivity contribution in [2.75, 3.05) is 19.6 Å². The molecule has 0 unspecified atom stereocenters. The molecular weight excluding hydrogens is 234 g/mol. The first-order valence-corrected chi connectivity index (χ1v) is 6.34. The molecule has 2 heterocycles. The van der Waals surface area contributed by atoms with Gasteiger partial charge in [0.15, 0.2) is 0 Å². The van der Waals surface area contributed by atoms with Crippen LogP contribution in [0.2, 0.25) is 0 Å². The topological polar surface area (TPSA) is 70.7 Å². The van der Waals surface area contributed by atoms with E-state index in [1.54, 1.807) is 4.90 Å². The highest BCUT2D eigenvalue weighted by molar-refractivity contribution is 5.81. The van der Waals surface area contributed by atoms with Gasteiger partial charge in [0.2, 0.25) is 5.91 Å². The third-order valence-electron chi connectivity index (χ3n) is 3.23. The summed E-state index contributed by atoms with van der Waals surface area (Å²) in [6.07, 6.45) is 1.16. The number of nitrogens with zero attached hydrogens (tertiary/aromatic N) is 1. The third-order valence-corrected chi connectivity index (χ3v) is 3.23. The predicted octanol–water partition coefficient (Wildman–Crippen LogP) is 0.433. The second-order valence-electron chi connectivity index (χ2n) is 5.95. The van der Waals surface area contributed by atoms with E-state index in [1.807, 2.05) is 20.8 Å². The Kier molecular flexibility index (Phi) is 3.23. The molecule has 2 aliphatic rings. The molecule has 0 bridgehead atoms. The summed E-state index contributed by atoms with van der Waals surface area (Å²) in [6, 6.07) is 0. The van der Waals surface area contributed by atoms with E-state index >= 15 is 0 Å². The maximum Gasteiger partial charge on any atom is 0.410 e. The van der Waals surface area contributed by atoms with Gasteiger partial charge in [-0.15, -0.1) is 0 Å². The quantitative estimate of drug-likeness (QED) is 0.658. The van der Waals surface area contributed by atoms with Crippen molar-refractivity contribution in [3.8, 4) is 0 Å². The number of carbonyl (C=O) groups excluding carboxylic acids is 2. The highest BCUT2D eigenvalue weighted by Gasteiger charge is 2.41. The van der Waals surface area contributed by atoms with Crippen LogP contribution in [0.1, 0.15) is 33.6 Å². The number of piperidine rings is 1. The van der Waals surface area contributed by atoms with Gasteiger partial charge in [-0.3, -0.25) is 10.1 Å². The average Bonchev–Trinajstić information content (AvgIpc) is 2.58. The molecule has 0 aliphatic carbocycles. The van der Waals surface area contributed by atoms with Crippen LogP contribution in [0.3, 0.4) is 0 Å². The summed E-state index contributed by atoms with van der Waals surface area (Å²) in [5, 5.41) is 6.14. The lowest BCUT2D eigenvalue weighted by atomic mass is 9.98. The van der Waals surface area contributed by atoms with Crippen molar-refractivity contribution in [2.45, 2.75) is 44.9 Å². The number of hydrogen-bond acceptors (Lipinski definition) is 4. The summed E-state index contributed by atoms with van der Waals surface area (Å²) in [6.45, 7) is 7.14. The second-order valence-corrected chi connectivity index (χ2v) is 5.95. The van der Waals surface area contributed by atoms with Crippen molar-refractivity contribution in [1.29, 1.82) is 0 Å². The average molecular weight is 255 g/mol. The van der Waals surface area contributed by atoms with Crippen LogP contribution < -0.4 is 10.6 Å². The van der Waals surface area contributed by atoms with Gasteiger partial charge in [-0.05, 0) is 20.8 Å². The van der Waals surface area contributed by atoms with Gasteiger partial charge < -0.3 is 15.0 Å². The molecule has 2 aliphatic heterocycles. The Morgan fingerprint density at radius 3 is 2.39 bits per heavy atom. The molecule has 2 N–H and O–H groups in total. The van der Waals surface area contributed by atoms with E-state index in [2.05, 4.69) is 10.6 Å². The standard InChI is InChI=1S/C12H21N3O3/c1-11(2,3)18-10(17)15-6-4-12(5-7-15)13-8-9(16)14-12/h13H,4-8H2,1-3H3,(H,14,16). The maximum atomic E-state index is 11.9. The van der Waals surface area contributed by atoms with Crippen molar-refractivity contribution in [1.82, 2.24) is 15.5 Å². The zero-order chi connectivity index (χ0) is 13.4. The number of nitrogens with one attached hydrogen (secondary N) is 2. The molecule has 2 fully saturated rings. The van der Waals surface area contributed by atoms with Crippen molar-refractivity contribution in [3.05, 3.63) is 0 Å². The molecule has 1 spiro atoms. The van der Waals surface area contributed by atoms with Crippen LogP contribution in [0.5, 0.6) is 0 Å². The van der Waals surface area contributed by atoms with Crippen molar-refractivity contribution in [2.24, 2.45) is 0 Å². The summed E-state index contributed by atoms with van der Waals surface area (Å²) in [5.41, 5.74) is -0.776. The number of hydrogen-bond donors (Lipinski definition) is 2. The van der Waals surface area contributed by atoms with Crippen LogP contribution in [0.15, 0.2) is 0 Å². The first kappa shape index (κ1) is 13.1. The van der Waals surface area contributed by atoms with Crippen molar-refractivity contribution in [3.63, 3.8) is 0 Å². The molecule has 18 heavy (non-hydrogen) atoms. The van der Waals surface area contributed by atoms with Crippen molar-refractivity contribution < 1.29 is 14.3 Å². The number of carbonyl (C=O) groups is 2. The number of ether oxygens (including phenoxy) is 1. The Bertz CT molecular complexity index is 354. The first-order valence-electron chi connectivity index (χ1n) is 6.34. The SMILES string of the molecule is CC(C)(C)OC(=O)N1CCC2(CC1)NCC(=O)N2. The normalized spacial score (nSPS) is 23.1. The van der Waals surface area contributed by atoms with E-state index in [0.29, 0.717) is 19.6 Å². The molecule has 0 radical (unpaired) electrons. The fourth-order valence-electron chi connectivity index (χ4n) is 2.30. The molecule has 2 amide bonds. The van der Waals surface area contributed by atoms with Crippen LogP contribution in [-0.2, 0) is 9.53 Å². The zero-order valence-electron chi connectivity index (χ0n) is 11.2. The molecule has 6 heteroatoms. The number of rotatable bonds is 0. The molecule has 2 rings (SSSR count). The van der Waals surface area contributed by atoms with Gasteiger partial charge in [0.05, 0.1) is 12.2 Å². The minimum Gasteiger partial charge on any atom is -0.444 e. The molecule has 6 nitrogen and oxygen atoms in total. The molecule has 0 aromatic carbocycles. The van der Waals surface area contributed by atoms with Gasteiger partial charge >= 0.3 is 6.09 Å². The monoisotopic (exact) mass is 255 g/mol. The molecule has 0 aromatic rings. The predicted molar refractivity (Wildman–Crippen MR) is 65.9 cm³/mol. The lowest BCUT2D eigenvalue weighted by Crippen LogP contribution is -2.58. The minimum atomic E-state index is -0.466. The first-order chi connectivity index (χ1) is 8.30. The number of amides is 2. The van der Waals surface area contributed by atoms with Crippen LogP contribution in [0.4, 0.5) is 4.79 Å². The highest BCUT2D eigenvalue weighted by Crippen LogP contribution is 2.23. The van der Waals surface area contributed by atoms with E-state index < -0.39 is 5.60 Å². The molecule has 2 saturated heterocycles. The van der Waals surface area contributed by atoms with Crippen LogP contribution in [0, 0.1) is 0 Å². The third kappa shape index (κ3) is 2.93. The molecule has 0 atom stereocenters. The van der Waals surface area contributed by atoms with Gasteiger partial charge in [-0.25, -0.2) is 4.79 Å². The van der Waals surface area contributed by atoms with E-state index in [0.717, 1.165) is 12.8 Å². The highest BCUT2D eigenvalue weighted by atomic mass is 16.6. The van der Waals surface area contributed by atoms with Gasteiger partial charge in [0.1, 0.15) is 5.60 Å². The Balaban J connectivity index is 1.87. The van der Waals surface area contributed by atoms with Gasteiger partial charge in [0.25, 0.3) is 0 Å². The summed E-state index contributed by atoms with van der Waals surface area (Å²) in [7, 11) is 0. The molecule has 102 valence electrons. The Labute approximate surface area is 107 Å². The number of likely N-dealkylation sites (tertiary alicyclic amines) is 1. The largest absolute Gasteiger partial charge is 0.444 e.